The summed E-state index contributed by atoms with van der Waals surface area (Å²) in [6.45, 7) is 9.47. The van der Waals surface area contributed by atoms with Gasteiger partial charge in [-0.05, 0) is 0 Å². The molecule has 0 radical (unpaired) electrons. The van der Waals surface area contributed by atoms with Gasteiger partial charge in [0.2, 0.25) is 0 Å². The maximum atomic E-state index is 4.46. The Balaban J connectivity index is 1.46. The quantitative estimate of drug-likeness (QED) is 0.169. The van der Waals surface area contributed by atoms with Crippen LogP contribution in [0.3, 0.4) is 0 Å². The van der Waals surface area contributed by atoms with E-state index in [2.05, 4.69) is 94.0 Å². The van der Waals surface area contributed by atoms with Crippen LogP contribution in [0.4, 0.5) is 16.1 Å². The Hall–Kier alpha value is -2.60. The molecule has 0 spiro atoms. The predicted octanol–water partition coefficient (Wildman–Crippen LogP) is 6.09. The molecule has 2 aromatic heterocycles. The Morgan fingerprint density at radius 3 is 2.52 bits per heavy atom. The number of fused-ring (bicyclic) bond motifs is 1. The van der Waals surface area contributed by atoms with Crippen molar-refractivity contribution in [1.29, 1.82) is 0 Å². The van der Waals surface area contributed by atoms with E-state index in [0.29, 0.717) is 0 Å². The van der Waals surface area contributed by atoms with Gasteiger partial charge >= 0.3 is 194 Å². The standard InChI is InChI=1S/C24H26N5SSe/c1-4-28(5-2)19-13-11-18(12-14-19)26-27-24-25-17-20(31-24)15-16-23-29(6-3)21-9-7-8-10-22(21)30-23/h7-17H,4-6H2,1-3H3/q+1. The van der Waals surface area contributed by atoms with E-state index in [4.69, 9.17) is 0 Å². The third-order valence-electron chi connectivity index (χ3n) is 5.08. The minimum atomic E-state index is 0.0783. The van der Waals surface area contributed by atoms with E-state index in [1.165, 1.54) is 25.3 Å². The van der Waals surface area contributed by atoms with Gasteiger partial charge < -0.3 is 0 Å². The molecular weight excluding hydrogens is 469 g/mol. The number of nitrogens with zero attached hydrogens (tertiary/aromatic N) is 5. The number of hydrogen-bond donors (Lipinski definition) is 0. The van der Waals surface area contributed by atoms with Crippen LogP contribution in [0.15, 0.2) is 65.0 Å². The molecule has 0 aliphatic heterocycles. The van der Waals surface area contributed by atoms with Gasteiger partial charge in [-0.15, -0.1) is 0 Å². The fourth-order valence-corrected chi connectivity index (χ4v) is 5.95. The van der Waals surface area contributed by atoms with Gasteiger partial charge in [-0.1, -0.05) is 0 Å². The van der Waals surface area contributed by atoms with E-state index in [9.17, 15) is 0 Å². The van der Waals surface area contributed by atoms with Gasteiger partial charge in [0, 0.05) is 0 Å². The van der Waals surface area contributed by atoms with Gasteiger partial charge in [0.1, 0.15) is 0 Å². The van der Waals surface area contributed by atoms with Crippen molar-refractivity contribution in [2.75, 3.05) is 18.0 Å². The molecule has 0 amide bonds. The Kier molecular flexibility index (Phi) is 7.07. The van der Waals surface area contributed by atoms with Gasteiger partial charge in [-0.2, -0.15) is 0 Å². The number of aromatic nitrogens is 2. The monoisotopic (exact) mass is 496 g/mol. The molecule has 2 heterocycles. The van der Waals surface area contributed by atoms with Crippen LogP contribution in [-0.2, 0) is 6.54 Å². The van der Waals surface area contributed by atoms with Crippen molar-refractivity contribution in [3.05, 3.63) is 64.2 Å². The first-order chi connectivity index (χ1) is 15.2. The summed E-state index contributed by atoms with van der Waals surface area (Å²) >= 11 is 1.90. The summed E-state index contributed by atoms with van der Waals surface area (Å²) < 4.78 is 5.67. The van der Waals surface area contributed by atoms with E-state index < -0.39 is 0 Å². The first-order valence-corrected chi connectivity index (χ1v) is 13.1. The second-order valence-electron chi connectivity index (χ2n) is 6.92. The van der Waals surface area contributed by atoms with Crippen LogP contribution >= 0.6 is 11.3 Å². The number of anilines is 1. The zero-order valence-electron chi connectivity index (χ0n) is 18.0. The maximum absolute atomic E-state index is 4.46. The first kappa shape index (κ1) is 21.6. The molecule has 158 valence electrons. The van der Waals surface area contributed by atoms with Gasteiger partial charge in [0.15, 0.2) is 0 Å². The first-order valence-electron chi connectivity index (χ1n) is 10.5. The van der Waals surface area contributed by atoms with Crippen molar-refractivity contribution in [3.63, 3.8) is 0 Å². The summed E-state index contributed by atoms with van der Waals surface area (Å²) in [7, 11) is 0. The van der Waals surface area contributed by atoms with Crippen LogP contribution in [0.5, 0.6) is 0 Å². The molecule has 0 fully saturated rings. The van der Waals surface area contributed by atoms with Gasteiger partial charge in [-0.25, -0.2) is 0 Å². The zero-order chi connectivity index (χ0) is 21.6. The second kappa shape index (κ2) is 10.1. The Bertz CT molecular complexity index is 1200. The van der Waals surface area contributed by atoms with E-state index in [0.717, 1.165) is 30.0 Å². The molecule has 31 heavy (non-hydrogen) atoms. The molecule has 5 nitrogen and oxygen atoms in total. The normalized spacial score (nSPS) is 11.8. The Morgan fingerprint density at radius 1 is 1.00 bits per heavy atom. The number of benzene rings is 2. The third-order valence-corrected chi connectivity index (χ3v) is 7.99. The van der Waals surface area contributed by atoms with Crippen LogP contribution in [-0.4, -0.2) is 32.6 Å². The number of azo groups is 1. The van der Waals surface area contributed by atoms with Crippen LogP contribution < -0.4 is 9.47 Å². The summed E-state index contributed by atoms with van der Waals surface area (Å²) in [4.78, 5) is 6.77. The molecular formula is C24H26N5SSe+. The molecule has 2 aromatic carbocycles. The molecule has 0 bridgehead atoms. The average molecular weight is 496 g/mol. The molecule has 4 rings (SSSR count). The van der Waals surface area contributed by atoms with Crippen LogP contribution in [0.2, 0.25) is 0 Å². The number of para-hydroxylation sites is 1. The van der Waals surface area contributed by atoms with Gasteiger partial charge in [0.05, 0.1) is 0 Å². The molecule has 4 aromatic rings. The SMILES string of the molecule is CCN(CC)c1ccc(N=Nc2ncc(/C=C/c3sc4ccccc4[n+]3CC)[se]2)cc1. The van der Waals surface area contributed by atoms with E-state index in [-0.39, 0.29) is 14.5 Å². The zero-order valence-corrected chi connectivity index (χ0v) is 20.6. The van der Waals surface area contributed by atoms with E-state index in [1.807, 2.05) is 29.7 Å². The predicted molar refractivity (Wildman–Crippen MR) is 132 cm³/mol. The summed E-state index contributed by atoms with van der Waals surface area (Å²) in [5.41, 5.74) is 3.36. The topological polar surface area (TPSA) is 44.7 Å². The molecule has 0 aliphatic carbocycles. The molecule has 0 atom stereocenters. The number of aryl methyl sites for hydroxylation is 1. The summed E-state index contributed by atoms with van der Waals surface area (Å²) in [6, 6.07) is 16.8. The van der Waals surface area contributed by atoms with Crippen molar-refractivity contribution < 1.29 is 4.57 Å². The van der Waals surface area contributed by atoms with E-state index >= 15 is 0 Å². The molecule has 0 saturated heterocycles. The molecule has 0 unspecified atom stereocenters. The minimum absolute atomic E-state index is 0.0783. The number of hydrogen-bond acceptors (Lipinski definition) is 5. The third kappa shape index (κ3) is 5.01. The Labute approximate surface area is 193 Å². The molecule has 0 saturated carbocycles. The number of rotatable bonds is 8. The summed E-state index contributed by atoms with van der Waals surface area (Å²) in [5.74, 6) is 0. The molecule has 0 aliphatic rings. The van der Waals surface area contributed by atoms with Crippen molar-refractivity contribution in [2.24, 2.45) is 10.2 Å². The molecule has 7 heteroatoms. The van der Waals surface area contributed by atoms with Crippen LogP contribution in [0.25, 0.3) is 22.4 Å². The van der Waals surface area contributed by atoms with Gasteiger partial charge in [-0.3, -0.25) is 0 Å². The fourth-order valence-electron chi connectivity index (χ4n) is 3.48. The molecule has 0 N–H and O–H groups in total. The fraction of sp³-hybridized carbons (Fsp3) is 0.250. The van der Waals surface area contributed by atoms with Gasteiger partial charge in [0.25, 0.3) is 0 Å². The van der Waals surface area contributed by atoms with Crippen molar-refractivity contribution in [1.82, 2.24) is 4.98 Å². The second-order valence-corrected chi connectivity index (χ2v) is 10.2. The van der Waals surface area contributed by atoms with Crippen molar-refractivity contribution >= 4 is 64.3 Å². The number of thiazole rings is 1. The van der Waals surface area contributed by atoms with Crippen molar-refractivity contribution in [3.8, 4) is 0 Å². The Morgan fingerprint density at radius 2 is 1.77 bits per heavy atom. The van der Waals surface area contributed by atoms with E-state index in [1.54, 1.807) is 0 Å². The summed E-state index contributed by atoms with van der Waals surface area (Å²) in [6.07, 6.45) is 6.28. The average Bonchev–Trinajstić information content (AvgIpc) is 3.41. The van der Waals surface area contributed by atoms with Crippen LogP contribution in [0, 0.1) is 0 Å². The summed E-state index contributed by atoms with van der Waals surface area (Å²) in [5, 5.41) is 10.0. The van der Waals surface area contributed by atoms with Crippen LogP contribution in [0.1, 0.15) is 30.2 Å². The van der Waals surface area contributed by atoms with Crippen molar-refractivity contribution in [2.45, 2.75) is 27.3 Å².